The molecule has 1 aromatic carbocycles. The molecule has 12 heteroatoms. The second kappa shape index (κ2) is 11.6. The van der Waals surface area contributed by atoms with Gasteiger partial charge in [0.1, 0.15) is 30.6 Å². The number of amidine groups is 1. The molecule has 0 spiro atoms. The van der Waals surface area contributed by atoms with Gasteiger partial charge in [0.2, 0.25) is 0 Å². The zero-order valence-corrected chi connectivity index (χ0v) is 18.6. The Hall–Kier alpha value is -3.51. The monoisotopic (exact) mass is 482 g/mol. The Bertz CT molecular complexity index is 1030. The molecule has 184 valence electrons. The first-order chi connectivity index (χ1) is 16.1. The maximum absolute atomic E-state index is 14.8. The molecule has 1 aliphatic heterocycles. The van der Waals surface area contributed by atoms with Gasteiger partial charge >= 0.3 is 0 Å². The summed E-state index contributed by atoms with van der Waals surface area (Å²) in [6, 6.07) is 6.58. The largest absolute Gasteiger partial charge is 0.483 e. The van der Waals surface area contributed by atoms with Gasteiger partial charge < -0.3 is 25.6 Å². The van der Waals surface area contributed by atoms with Crippen molar-refractivity contribution < 1.29 is 37.3 Å². The number of carbonyl (C=O) groups is 2. The van der Waals surface area contributed by atoms with Crippen molar-refractivity contribution in [1.29, 1.82) is 0 Å². The Labute approximate surface area is 193 Å². The lowest BCUT2D eigenvalue weighted by Crippen LogP contribution is -2.45. The van der Waals surface area contributed by atoms with E-state index >= 15 is 0 Å². The molecule has 34 heavy (non-hydrogen) atoms. The van der Waals surface area contributed by atoms with E-state index in [-0.39, 0.29) is 30.3 Å². The summed E-state index contributed by atoms with van der Waals surface area (Å²) in [7, 11) is 0. The van der Waals surface area contributed by atoms with Crippen LogP contribution in [0.15, 0.2) is 41.5 Å². The number of hydrogen-bond acceptors (Lipinski definition) is 7. The van der Waals surface area contributed by atoms with Gasteiger partial charge in [0, 0.05) is 24.1 Å². The third-order valence-corrected chi connectivity index (χ3v) is 4.89. The Balaban J connectivity index is 0.00000129. The summed E-state index contributed by atoms with van der Waals surface area (Å²) >= 11 is 0. The lowest BCUT2D eigenvalue weighted by molar-refractivity contribution is -0.122. The number of hydrogen-bond donors (Lipinski definition) is 3. The number of nitrogens with zero attached hydrogens (tertiary/aromatic N) is 2. The summed E-state index contributed by atoms with van der Waals surface area (Å²) in [6.07, 6.45) is 1.51. The van der Waals surface area contributed by atoms with Gasteiger partial charge in [0.25, 0.3) is 18.3 Å². The highest BCUT2D eigenvalue weighted by atomic mass is 19.3. The smallest absolute Gasteiger partial charge is 0.299 e. The van der Waals surface area contributed by atoms with Crippen molar-refractivity contribution in [2.75, 3.05) is 25.1 Å². The molecule has 0 fully saturated rings. The molecule has 4 N–H and O–H groups in total. The maximum Gasteiger partial charge on any atom is 0.299 e. The van der Waals surface area contributed by atoms with Gasteiger partial charge in [0.05, 0.1) is 6.61 Å². The number of halogens is 3. The van der Waals surface area contributed by atoms with Gasteiger partial charge in [-0.05, 0) is 43.7 Å². The third kappa shape index (κ3) is 6.29. The van der Waals surface area contributed by atoms with Crippen molar-refractivity contribution in [1.82, 2.24) is 4.98 Å². The van der Waals surface area contributed by atoms with E-state index in [0.717, 1.165) is 24.6 Å². The molecule has 1 atom stereocenters. The van der Waals surface area contributed by atoms with Crippen molar-refractivity contribution in [3.05, 3.63) is 59.2 Å². The molecule has 2 heterocycles. The van der Waals surface area contributed by atoms with E-state index in [9.17, 15) is 18.0 Å². The number of nitrogens with one attached hydrogen (secondary N) is 1. The molecule has 0 saturated heterocycles. The van der Waals surface area contributed by atoms with Crippen molar-refractivity contribution in [2.45, 2.75) is 31.9 Å². The molecule has 1 aliphatic rings. The molecule has 1 unspecified atom stereocenters. The Kier molecular flexibility index (Phi) is 9.10. The second-order valence-electron chi connectivity index (χ2n) is 7.32. The first kappa shape index (κ1) is 26.7. The maximum atomic E-state index is 14.8. The first-order valence-electron chi connectivity index (χ1n) is 10.1. The summed E-state index contributed by atoms with van der Waals surface area (Å²) in [5.74, 6) is -5.19. The number of alkyl halides is 2. The molecule has 0 radical (unpaired) electrons. The van der Waals surface area contributed by atoms with Crippen LogP contribution in [0.3, 0.4) is 0 Å². The van der Waals surface area contributed by atoms with Crippen LogP contribution in [-0.4, -0.2) is 54.0 Å². The van der Waals surface area contributed by atoms with E-state index in [1.165, 1.54) is 18.3 Å². The van der Waals surface area contributed by atoms with Gasteiger partial charge in [-0.3, -0.25) is 19.6 Å². The summed E-state index contributed by atoms with van der Waals surface area (Å²) in [4.78, 5) is 28.8. The van der Waals surface area contributed by atoms with Gasteiger partial charge in [-0.2, -0.15) is 0 Å². The minimum Gasteiger partial charge on any atom is -0.483 e. The highest BCUT2D eigenvalue weighted by Gasteiger charge is 2.54. The normalized spacial score (nSPS) is 19.1. The minimum absolute atomic E-state index is 0.104. The molecule has 2 aromatic rings. The van der Waals surface area contributed by atoms with Crippen LogP contribution < -0.4 is 11.1 Å². The fourth-order valence-electron chi connectivity index (χ4n) is 3.12. The van der Waals surface area contributed by atoms with Crippen molar-refractivity contribution in [3.8, 4) is 0 Å². The van der Waals surface area contributed by atoms with E-state index in [4.69, 9.17) is 25.1 Å². The molecule has 1 amide bonds. The molecular formula is C22H25F3N4O5. The predicted molar refractivity (Wildman–Crippen MR) is 117 cm³/mol. The fraction of sp³-hybridized carbons (Fsp3) is 0.364. The Morgan fingerprint density at radius 1 is 1.35 bits per heavy atom. The lowest BCUT2D eigenvalue weighted by atomic mass is 9.85. The van der Waals surface area contributed by atoms with Gasteiger partial charge in [-0.15, -0.1) is 0 Å². The van der Waals surface area contributed by atoms with Gasteiger partial charge in [-0.1, -0.05) is 6.07 Å². The summed E-state index contributed by atoms with van der Waals surface area (Å²) < 4.78 is 54.3. The fourth-order valence-corrected chi connectivity index (χ4v) is 3.12. The first-order valence-corrected chi connectivity index (χ1v) is 10.1. The molecule has 0 aliphatic carbocycles. The molecule has 9 nitrogen and oxygen atoms in total. The molecule has 0 saturated carbocycles. The summed E-state index contributed by atoms with van der Waals surface area (Å²) in [6.45, 7) is 2.36. The van der Waals surface area contributed by atoms with Crippen LogP contribution in [0.4, 0.5) is 18.9 Å². The van der Waals surface area contributed by atoms with Gasteiger partial charge in [-0.25, -0.2) is 13.2 Å². The lowest BCUT2D eigenvalue weighted by Gasteiger charge is -2.33. The highest BCUT2D eigenvalue weighted by molar-refractivity contribution is 6.02. The highest BCUT2D eigenvalue weighted by Crippen LogP contribution is 2.44. The number of ether oxygens (including phenoxy) is 2. The number of aliphatic imine (C=N–C) groups is 1. The van der Waals surface area contributed by atoms with Crippen molar-refractivity contribution >= 4 is 23.9 Å². The molecule has 0 bridgehead atoms. The molecule has 1 aromatic heterocycles. The van der Waals surface area contributed by atoms with Crippen molar-refractivity contribution in [2.24, 2.45) is 10.7 Å². The minimum atomic E-state index is -3.53. The number of aromatic nitrogens is 1. The quantitative estimate of drug-likeness (QED) is 0.539. The van der Waals surface area contributed by atoms with Crippen LogP contribution in [0.1, 0.15) is 35.5 Å². The van der Waals surface area contributed by atoms with Gasteiger partial charge in [0.15, 0.2) is 5.54 Å². The topological polar surface area (TPSA) is 136 Å². The average Bonchev–Trinajstić information content (AvgIpc) is 2.89. The predicted octanol–water partition coefficient (Wildman–Crippen LogP) is 2.95. The zero-order chi connectivity index (χ0) is 25.4. The van der Waals surface area contributed by atoms with E-state index in [1.807, 2.05) is 6.92 Å². The summed E-state index contributed by atoms with van der Waals surface area (Å²) in [5, 5.41) is 9.43. The van der Waals surface area contributed by atoms with Crippen LogP contribution in [0.5, 0.6) is 0 Å². The Morgan fingerprint density at radius 2 is 2.06 bits per heavy atom. The Morgan fingerprint density at radius 3 is 2.68 bits per heavy atom. The van der Waals surface area contributed by atoms with E-state index in [0.29, 0.717) is 13.2 Å². The van der Waals surface area contributed by atoms with E-state index in [1.54, 1.807) is 6.07 Å². The second-order valence-corrected chi connectivity index (χ2v) is 7.32. The van der Waals surface area contributed by atoms with Crippen LogP contribution in [0.25, 0.3) is 0 Å². The summed E-state index contributed by atoms with van der Waals surface area (Å²) in [5.41, 5.74) is 3.93. The number of rotatable bonds is 6. The van der Waals surface area contributed by atoms with Crippen LogP contribution in [0, 0.1) is 5.82 Å². The number of pyridine rings is 1. The number of amides is 1. The van der Waals surface area contributed by atoms with Crippen LogP contribution in [0.2, 0.25) is 0 Å². The number of carbonyl (C=O) groups excluding carboxylic acids is 1. The van der Waals surface area contributed by atoms with Crippen LogP contribution >= 0.6 is 0 Å². The number of carboxylic acid groups (broad SMARTS) is 1. The van der Waals surface area contributed by atoms with Crippen molar-refractivity contribution in [3.63, 3.8) is 0 Å². The molecule has 3 rings (SSSR count). The van der Waals surface area contributed by atoms with Crippen LogP contribution in [-0.2, 0) is 26.4 Å². The van der Waals surface area contributed by atoms with E-state index in [2.05, 4.69) is 15.3 Å². The zero-order valence-electron chi connectivity index (χ0n) is 18.6. The van der Waals surface area contributed by atoms with E-state index < -0.39 is 35.4 Å². The third-order valence-electron chi connectivity index (χ3n) is 4.89. The SMILES string of the molecule is CCOCc1ccc(C(=O)Nc2ccc(F)c(C3(C)N=C(N)COCC3(F)F)c2)nc1.O=CO. The number of nitrogens with two attached hydrogens (primary N) is 1. The standard InChI is InChI=1S/C21H23F3N4O3.CH2O2/c1-3-30-10-13-4-7-17(26-9-13)19(29)27-14-5-6-16(22)15(8-14)20(2)21(23,24)12-31-11-18(25)28-20;2-1-3/h4-9H,3,10-12H2,1-2H3,(H2,25,28)(H,27,29);1H,(H,2,3). The molecular weight excluding hydrogens is 457 g/mol. The number of anilines is 1. The average molecular weight is 482 g/mol. The number of benzene rings is 1.